The van der Waals surface area contributed by atoms with Crippen LogP contribution < -0.4 is 11.1 Å². The number of H-pyrrole nitrogens is 1. The Bertz CT molecular complexity index is 1060. The fourth-order valence-corrected chi connectivity index (χ4v) is 4.60. The third-order valence-corrected chi connectivity index (χ3v) is 6.93. The predicted molar refractivity (Wildman–Crippen MR) is 120 cm³/mol. The van der Waals surface area contributed by atoms with E-state index in [1.54, 1.807) is 7.05 Å². The molecule has 4 heterocycles. The second-order valence-electron chi connectivity index (χ2n) is 9.87. The Labute approximate surface area is 187 Å². The minimum atomic E-state index is -0.727. The number of nitrogens with two attached hydrogens (primary N) is 1. The number of aromatic nitrogens is 4. The molecule has 4 rings (SSSR count). The fraction of sp³-hybridized carbons (Fsp3) is 0.619. The number of likely N-dealkylation sites (N-methyl/N-ethyl adjacent to an activating group) is 1. The fourth-order valence-electron chi connectivity index (χ4n) is 4.60. The molecule has 0 aliphatic carbocycles. The van der Waals surface area contributed by atoms with Crippen molar-refractivity contribution in [2.45, 2.75) is 58.3 Å². The molecule has 0 saturated carbocycles. The van der Waals surface area contributed by atoms with Crippen molar-refractivity contribution in [2.24, 2.45) is 0 Å². The monoisotopic (exact) mass is 445 g/mol. The smallest absolute Gasteiger partial charge is 0.321 e. The standard InChI is InChI=1S/C21H32FN9O/c1-11-8-29(7)20(2,3)10-30(11)19(32)31-9-12-14(27-28-16(12)21(31,4)5)15-13(22)17(23)26-18(24-6)25-15/h11H,8-10H2,1-7H3,(H,27,28)(H3,23,24,25,26)/t11-/m0/s1. The Morgan fingerprint density at radius 2 is 1.94 bits per heavy atom. The van der Waals surface area contributed by atoms with E-state index in [2.05, 4.69) is 58.2 Å². The molecule has 11 heteroatoms. The summed E-state index contributed by atoms with van der Waals surface area (Å²) in [6, 6.07) is 0.0305. The van der Waals surface area contributed by atoms with E-state index < -0.39 is 11.4 Å². The van der Waals surface area contributed by atoms with Gasteiger partial charge in [-0.1, -0.05) is 0 Å². The molecule has 10 nitrogen and oxygen atoms in total. The van der Waals surface area contributed by atoms with Crippen LogP contribution in [0.25, 0.3) is 11.4 Å². The van der Waals surface area contributed by atoms with E-state index in [4.69, 9.17) is 5.73 Å². The highest BCUT2D eigenvalue weighted by Gasteiger charge is 2.48. The largest absolute Gasteiger partial charge is 0.381 e. The average molecular weight is 446 g/mol. The van der Waals surface area contributed by atoms with Crippen LogP contribution in [-0.2, 0) is 12.1 Å². The van der Waals surface area contributed by atoms with Crippen molar-refractivity contribution in [3.05, 3.63) is 17.1 Å². The second kappa shape index (κ2) is 7.29. The molecule has 0 aromatic carbocycles. The lowest BCUT2D eigenvalue weighted by Gasteiger charge is -2.50. The molecule has 0 spiro atoms. The van der Waals surface area contributed by atoms with Crippen LogP contribution >= 0.6 is 0 Å². The van der Waals surface area contributed by atoms with Crippen molar-refractivity contribution in [2.75, 3.05) is 38.2 Å². The summed E-state index contributed by atoms with van der Waals surface area (Å²) in [6.07, 6.45) is 0. The summed E-state index contributed by atoms with van der Waals surface area (Å²) in [5, 5.41) is 10.1. The molecule has 174 valence electrons. The molecule has 1 saturated heterocycles. The zero-order valence-corrected chi connectivity index (χ0v) is 19.7. The molecule has 0 unspecified atom stereocenters. The highest BCUT2D eigenvalue weighted by molar-refractivity contribution is 5.78. The van der Waals surface area contributed by atoms with Crippen LogP contribution in [0.15, 0.2) is 0 Å². The van der Waals surface area contributed by atoms with Gasteiger partial charge in [-0.15, -0.1) is 0 Å². The van der Waals surface area contributed by atoms with Gasteiger partial charge in [0.2, 0.25) is 5.95 Å². The number of anilines is 2. The summed E-state index contributed by atoms with van der Waals surface area (Å²) >= 11 is 0. The maximum atomic E-state index is 14.8. The number of carbonyl (C=O) groups is 1. The molecule has 1 fully saturated rings. The number of rotatable bonds is 2. The Balaban J connectivity index is 1.70. The van der Waals surface area contributed by atoms with Gasteiger partial charge >= 0.3 is 6.03 Å². The van der Waals surface area contributed by atoms with Crippen molar-refractivity contribution in [1.29, 1.82) is 0 Å². The van der Waals surface area contributed by atoms with Crippen LogP contribution in [-0.4, -0.2) is 79.7 Å². The van der Waals surface area contributed by atoms with Gasteiger partial charge in [0.15, 0.2) is 11.6 Å². The number of hydrogen-bond donors (Lipinski definition) is 3. The van der Waals surface area contributed by atoms with Crippen molar-refractivity contribution in [1.82, 2.24) is 34.9 Å². The number of hydrogen-bond acceptors (Lipinski definition) is 7. The molecule has 1 atom stereocenters. The molecule has 2 aliphatic heterocycles. The van der Waals surface area contributed by atoms with Gasteiger partial charge in [0.1, 0.15) is 11.4 Å². The molecule has 2 aromatic heterocycles. The lowest BCUT2D eigenvalue weighted by atomic mass is 9.96. The molecular weight excluding hydrogens is 413 g/mol. The van der Waals surface area contributed by atoms with E-state index in [-0.39, 0.29) is 35.1 Å². The minimum absolute atomic E-state index is 0.0125. The van der Waals surface area contributed by atoms with Crippen molar-refractivity contribution >= 4 is 17.8 Å². The Morgan fingerprint density at radius 1 is 1.25 bits per heavy atom. The summed E-state index contributed by atoms with van der Waals surface area (Å²) in [5.74, 6) is -0.778. The highest BCUT2D eigenvalue weighted by Crippen LogP contribution is 2.43. The highest BCUT2D eigenvalue weighted by atomic mass is 19.1. The lowest BCUT2D eigenvalue weighted by Crippen LogP contribution is -2.65. The van der Waals surface area contributed by atoms with E-state index in [0.717, 1.165) is 17.8 Å². The maximum Gasteiger partial charge on any atom is 0.321 e. The van der Waals surface area contributed by atoms with E-state index in [0.29, 0.717) is 18.8 Å². The number of nitrogens with one attached hydrogen (secondary N) is 2. The van der Waals surface area contributed by atoms with Gasteiger partial charge in [-0.25, -0.2) is 14.2 Å². The van der Waals surface area contributed by atoms with Crippen LogP contribution in [0.5, 0.6) is 0 Å². The number of urea groups is 1. The van der Waals surface area contributed by atoms with Crippen molar-refractivity contribution < 1.29 is 9.18 Å². The SMILES string of the molecule is CNc1nc(N)c(F)c(-c2n[nH]c3c2CN(C(=O)N2CC(C)(C)N(C)C[C@@H]2C)C3(C)C)n1. The minimum Gasteiger partial charge on any atom is -0.381 e. The molecule has 2 aliphatic rings. The first-order chi connectivity index (χ1) is 14.9. The Kier molecular flexibility index (Phi) is 5.07. The summed E-state index contributed by atoms with van der Waals surface area (Å²) in [4.78, 5) is 27.9. The van der Waals surface area contributed by atoms with Crippen LogP contribution in [0.2, 0.25) is 0 Å². The molecule has 2 aromatic rings. The number of nitrogens with zero attached hydrogens (tertiary/aromatic N) is 6. The number of aromatic amines is 1. The molecule has 4 N–H and O–H groups in total. The van der Waals surface area contributed by atoms with Crippen LogP contribution in [0, 0.1) is 5.82 Å². The van der Waals surface area contributed by atoms with Gasteiger partial charge in [-0.05, 0) is 41.7 Å². The lowest BCUT2D eigenvalue weighted by molar-refractivity contribution is 0.00695. The summed E-state index contributed by atoms with van der Waals surface area (Å²) in [6.45, 7) is 12.0. The molecular formula is C21H32FN9O. The van der Waals surface area contributed by atoms with Crippen molar-refractivity contribution in [3.63, 3.8) is 0 Å². The van der Waals surface area contributed by atoms with Gasteiger partial charge in [0.05, 0.1) is 17.8 Å². The third-order valence-electron chi connectivity index (χ3n) is 6.93. The zero-order valence-electron chi connectivity index (χ0n) is 19.7. The molecule has 0 bridgehead atoms. The third kappa shape index (κ3) is 3.26. The normalized spacial score (nSPS) is 22.2. The van der Waals surface area contributed by atoms with E-state index in [1.165, 1.54) is 0 Å². The average Bonchev–Trinajstić information content (AvgIpc) is 3.25. The molecule has 2 amide bonds. The Morgan fingerprint density at radius 3 is 2.59 bits per heavy atom. The summed E-state index contributed by atoms with van der Waals surface area (Å²) < 4.78 is 14.8. The Hall–Kier alpha value is -2.95. The first-order valence-corrected chi connectivity index (χ1v) is 10.8. The quantitative estimate of drug-likeness (QED) is 0.648. The summed E-state index contributed by atoms with van der Waals surface area (Å²) in [5.41, 5.74) is 6.84. The van der Waals surface area contributed by atoms with Gasteiger partial charge in [0.25, 0.3) is 0 Å². The first-order valence-electron chi connectivity index (χ1n) is 10.8. The topological polar surface area (TPSA) is 119 Å². The van der Waals surface area contributed by atoms with Crippen LogP contribution in [0.3, 0.4) is 0 Å². The second-order valence-corrected chi connectivity index (χ2v) is 9.87. The van der Waals surface area contributed by atoms with E-state index >= 15 is 0 Å². The van der Waals surface area contributed by atoms with Gasteiger partial charge < -0.3 is 20.9 Å². The first kappa shape index (κ1) is 22.3. The van der Waals surface area contributed by atoms with Gasteiger partial charge in [-0.3, -0.25) is 10.00 Å². The maximum absolute atomic E-state index is 14.8. The van der Waals surface area contributed by atoms with Crippen LogP contribution in [0.4, 0.5) is 21.0 Å². The number of carbonyl (C=O) groups excluding carboxylic acids is 1. The number of fused-ring (bicyclic) bond motifs is 1. The zero-order chi connectivity index (χ0) is 23.6. The van der Waals surface area contributed by atoms with Crippen LogP contribution in [0.1, 0.15) is 45.9 Å². The van der Waals surface area contributed by atoms with Crippen molar-refractivity contribution in [3.8, 4) is 11.4 Å². The van der Waals surface area contributed by atoms with E-state index in [9.17, 15) is 9.18 Å². The number of piperazine rings is 1. The number of amides is 2. The molecule has 32 heavy (non-hydrogen) atoms. The van der Waals surface area contributed by atoms with Gasteiger partial charge in [0, 0.05) is 37.3 Å². The summed E-state index contributed by atoms with van der Waals surface area (Å²) in [7, 11) is 3.72. The predicted octanol–water partition coefficient (Wildman–Crippen LogP) is 2.21. The molecule has 0 radical (unpaired) electrons. The van der Waals surface area contributed by atoms with E-state index in [1.807, 2.05) is 23.6 Å². The van der Waals surface area contributed by atoms with Gasteiger partial charge in [-0.2, -0.15) is 10.1 Å². The number of halogens is 1. The number of nitrogen functional groups attached to an aromatic ring is 1.